The molecule has 0 saturated carbocycles. The Bertz CT molecular complexity index is 564. The van der Waals surface area contributed by atoms with Crippen molar-refractivity contribution in [2.75, 3.05) is 5.75 Å². The number of alkyl carbamates (subject to hydrolysis) is 1. The topological polar surface area (TPSA) is 98.5 Å². The third-order valence-electron chi connectivity index (χ3n) is 2.48. The van der Waals surface area contributed by atoms with Gasteiger partial charge < -0.3 is 10.1 Å². The predicted molar refractivity (Wildman–Crippen MR) is 81.3 cm³/mol. The van der Waals surface area contributed by atoms with Gasteiger partial charge in [-0.15, -0.1) is 0 Å². The van der Waals surface area contributed by atoms with Crippen LogP contribution >= 0.6 is 0 Å². The number of rotatable bonds is 5. The summed E-state index contributed by atoms with van der Waals surface area (Å²) in [6.45, 7) is 5.20. The summed E-state index contributed by atoms with van der Waals surface area (Å²) in [5.74, 6) is -0.346. The molecule has 0 bridgehead atoms. The quantitative estimate of drug-likeness (QED) is 0.858. The van der Waals surface area contributed by atoms with Gasteiger partial charge in [-0.05, 0) is 32.8 Å². The summed E-state index contributed by atoms with van der Waals surface area (Å²) >= 11 is 0. The van der Waals surface area contributed by atoms with Crippen molar-refractivity contribution in [3.63, 3.8) is 0 Å². The van der Waals surface area contributed by atoms with Gasteiger partial charge in [0, 0.05) is 0 Å². The molecule has 6 nitrogen and oxygen atoms in total. The van der Waals surface area contributed by atoms with Gasteiger partial charge in [-0.1, -0.05) is 30.3 Å². The minimum absolute atomic E-state index is 0.346. The fourth-order valence-electron chi connectivity index (χ4n) is 1.80. The maximum absolute atomic E-state index is 11.8. The molecule has 1 atom stereocenters. The van der Waals surface area contributed by atoms with Crippen LogP contribution in [0.2, 0.25) is 0 Å². The standard InChI is InChI=1S/C14H22N2O4S/c1-14(2,3)20-13(17)16-12(10-21(15,18)19)9-11-7-5-4-6-8-11/h4-8,12H,9-10H2,1-3H3,(H,16,17)(H2,15,18,19). The maximum Gasteiger partial charge on any atom is 0.407 e. The van der Waals surface area contributed by atoms with Gasteiger partial charge in [0.25, 0.3) is 0 Å². The highest BCUT2D eigenvalue weighted by atomic mass is 32.2. The van der Waals surface area contributed by atoms with E-state index < -0.39 is 27.8 Å². The fourth-order valence-corrected chi connectivity index (χ4v) is 2.57. The van der Waals surface area contributed by atoms with Gasteiger partial charge in [0.2, 0.25) is 10.0 Å². The van der Waals surface area contributed by atoms with Crippen LogP contribution in [0.3, 0.4) is 0 Å². The summed E-state index contributed by atoms with van der Waals surface area (Å²) in [6.07, 6.45) is -0.302. The van der Waals surface area contributed by atoms with Gasteiger partial charge in [-0.2, -0.15) is 0 Å². The van der Waals surface area contributed by atoms with E-state index in [0.717, 1.165) is 5.56 Å². The van der Waals surface area contributed by atoms with Crippen LogP contribution in [0.4, 0.5) is 4.79 Å². The van der Waals surface area contributed by atoms with Crippen molar-refractivity contribution in [1.82, 2.24) is 5.32 Å². The van der Waals surface area contributed by atoms with E-state index in [2.05, 4.69) is 5.32 Å². The van der Waals surface area contributed by atoms with E-state index in [1.54, 1.807) is 20.8 Å². The van der Waals surface area contributed by atoms with Gasteiger partial charge in [0.1, 0.15) is 5.60 Å². The molecule has 21 heavy (non-hydrogen) atoms. The number of hydrogen-bond acceptors (Lipinski definition) is 4. The number of carbonyl (C=O) groups excluding carboxylic acids is 1. The average Bonchev–Trinajstić information content (AvgIpc) is 2.24. The zero-order valence-corrected chi connectivity index (χ0v) is 13.3. The van der Waals surface area contributed by atoms with Crippen LogP contribution in [0.15, 0.2) is 30.3 Å². The molecule has 0 radical (unpaired) electrons. The molecule has 0 spiro atoms. The normalized spacial score (nSPS) is 13.5. The van der Waals surface area contributed by atoms with E-state index in [1.807, 2.05) is 30.3 Å². The summed E-state index contributed by atoms with van der Waals surface area (Å²) in [5.41, 5.74) is 0.255. The van der Waals surface area contributed by atoms with E-state index in [0.29, 0.717) is 6.42 Å². The molecule has 1 aromatic rings. The number of primary sulfonamides is 1. The second-order valence-corrected chi connectivity index (χ2v) is 7.52. The number of carbonyl (C=O) groups is 1. The van der Waals surface area contributed by atoms with Crippen molar-refractivity contribution < 1.29 is 17.9 Å². The summed E-state index contributed by atoms with van der Waals surface area (Å²) in [7, 11) is -3.70. The predicted octanol–water partition coefficient (Wildman–Crippen LogP) is 1.41. The third kappa shape index (κ3) is 8.31. The Morgan fingerprint density at radius 1 is 1.29 bits per heavy atom. The summed E-state index contributed by atoms with van der Waals surface area (Å²) in [4.78, 5) is 11.8. The number of benzene rings is 1. The van der Waals surface area contributed by atoms with Crippen molar-refractivity contribution >= 4 is 16.1 Å². The number of amides is 1. The number of nitrogens with two attached hydrogens (primary N) is 1. The van der Waals surface area contributed by atoms with Gasteiger partial charge in [-0.25, -0.2) is 18.4 Å². The lowest BCUT2D eigenvalue weighted by atomic mass is 10.1. The molecule has 1 rings (SSSR count). The molecule has 118 valence electrons. The van der Waals surface area contributed by atoms with E-state index in [4.69, 9.17) is 9.88 Å². The molecule has 0 aliphatic heterocycles. The van der Waals surface area contributed by atoms with Crippen LogP contribution in [0.5, 0.6) is 0 Å². The summed E-state index contributed by atoms with van der Waals surface area (Å²) < 4.78 is 27.7. The number of nitrogens with one attached hydrogen (secondary N) is 1. The molecule has 0 saturated heterocycles. The highest BCUT2D eigenvalue weighted by molar-refractivity contribution is 7.89. The Kier molecular flexibility index (Phi) is 5.74. The molecular formula is C14H22N2O4S. The van der Waals surface area contributed by atoms with Gasteiger partial charge in [0.15, 0.2) is 0 Å². The van der Waals surface area contributed by atoms with Crippen molar-refractivity contribution in [3.05, 3.63) is 35.9 Å². The van der Waals surface area contributed by atoms with Crippen molar-refractivity contribution in [3.8, 4) is 0 Å². The Morgan fingerprint density at radius 3 is 2.33 bits per heavy atom. The molecule has 1 amide bonds. The van der Waals surface area contributed by atoms with Crippen LogP contribution < -0.4 is 10.5 Å². The first-order valence-electron chi connectivity index (χ1n) is 6.59. The molecule has 1 unspecified atom stereocenters. The van der Waals surface area contributed by atoms with E-state index in [1.165, 1.54) is 0 Å². The molecular weight excluding hydrogens is 292 g/mol. The van der Waals surface area contributed by atoms with E-state index in [-0.39, 0.29) is 5.75 Å². The third-order valence-corrected chi connectivity index (χ3v) is 3.35. The lowest BCUT2D eigenvalue weighted by molar-refractivity contribution is 0.0509. The smallest absolute Gasteiger partial charge is 0.407 e. The second kappa shape index (κ2) is 6.91. The molecule has 0 heterocycles. The molecule has 3 N–H and O–H groups in total. The molecule has 1 aromatic carbocycles. The minimum atomic E-state index is -3.70. The molecule has 0 aliphatic rings. The number of hydrogen-bond donors (Lipinski definition) is 2. The van der Waals surface area contributed by atoms with Gasteiger partial charge in [-0.3, -0.25) is 0 Å². The Labute approximate surface area is 125 Å². The van der Waals surface area contributed by atoms with Crippen LogP contribution in [0.1, 0.15) is 26.3 Å². The Balaban J connectivity index is 2.76. The fraction of sp³-hybridized carbons (Fsp3) is 0.500. The van der Waals surface area contributed by atoms with Crippen LogP contribution in [-0.2, 0) is 21.2 Å². The zero-order chi connectivity index (χ0) is 16.1. The van der Waals surface area contributed by atoms with Crippen LogP contribution in [0.25, 0.3) is 0 Å². The first-order chi connectivity index (χ1) is 9.55. The number of ether oxygens (including phenoxy) is 1. The minimum Gasteiger partial charge on any atom is -0.444 e. The highest BCUT2D eigenvalue weighted by Gasteiger charge is 2.22. The first kappa shape index (κ1) is 17.5. The van der Waals surface area contributed by atoms with Crippen molar-refractivity contribution in [2.24, 2.45) is 5.14 Å². The highest BCUT2D eigenvalue weighted by Crippen LogP contribution is 2.09. The lowest BCUT2D eigenvalue weighted by Gasteiger charge is -2.23. The SMILES string of the molecule is CC(C)(C)OC(=O)NC(Cc1ccccc1)CS(N)(=O)=O. The van der Waals surface area contributed by atoms with Crippen LogP contribution in [-0.4, -0.2) is 31.9 Å². The van der Waals surface area contributed by atoms with Crippen molar-refractivity contribution in [1.29, 1.82) is 0 Å². The van der Waals surface area contributed by atoms with Crippen LogP contribution in [0, 0.1) is 0 Å². The summed E-state index contributed by atoms with van der Waals surface area (Å²) in [5, 5.41) is 7.63. The Morgan fingerprint density at radius 2 is 1.86 bits per heavy atom. The molecule has 0 aromatic heterocycles. The molecule has 0 fully saturated rings. The second-order valence-electron chi connectivity index (χ2n) is 5.86. The first-order valence-corrected chi connectivity index (χ1v) is 8.30. The van der Waals surface area contributed by atoms with E-state index in [9.17, 15) is 13.2 Å². The number of sulfonamides is 1. The van der Waals surface area contributed by atoms with E-state index >= 15 is 0 Å². The summed E-state index contributed by atoms with van der Waals surface area (Å²) in [6, 6.07) is 8.62. The Hall–Kier alpha value is -1.60. The monoisotopic (exact) mass is 314 g/mol. The van der Waals surface area contributed by atoms with Crippen molar-refractivity contribution in [2.45, 2.75) is 38.8 Å². The largest absolute Gasteiger partial charge is 0.444 e. The zero-order valence-electron chi connectivity index (χ0n) is 12.5. The maximum atomic E-state index is 11.8. The molecule has 7 heteroatoms. The van der Waals surface area contributed by atoms with Gasteiger partial charge in [0.05, 0.1) is 11.8 Å². The molecule has 0 aliphatic carbocycles. The average molecular weight is 314 g/mol. The van der Waals surface area contributed by atoms with Gasteiger partial charge >= 0.3 is 6.09 Å². The lowest BCUT2D eigenvalue weighted by Crippen LogP contribution is -2.45.